The van der Waals surface area contributed by atoms with Crippen molar-refractivity contribution in [3.8, 4) is 0 Å². The van der Waals surface area contributed by atoms with Crippen molar-refractivity contribution >= 4 is 51.9 Å². The summed E-state index contributed by atoms with van der Waals surface area (Å²) >= 11 is 6.50. The summed E-state index contributed by atoms with van der Waals surface area (Å²) in [4.78, 5) is 28.5. The van der Waals surface area contributed by atoms with Gasteiger partial charge in [0.15, 0.2) is 0 Å². The lowest BCUT2D eigenvalue weighted by molar-refractivity contribution is -0.143. The quantitative estimate of drug-likeness (QED) is 0.436. The molecule has 2 aliphatic heterocycles. The van der Waals surface area contributed by atoms with E-state index in [0.29, 0.717) is 21.2 Å². The second-order valence-electron chi connectivity index (χ2n) is 7.05. The molecule has 7 heteroatoms. The zero-order chi connectivity index (χ0) is 19.1. The number of fused-ring (bicyclic) bond motifs is 3. The molecular weight excluding hydrogens is 380 g/mol. The van der Waals surface area contributed by atoms with Gasteiger partial charge in [-0.25, -0.2) is 0 Å². The SMILES string of the molecule is CCN1c2ccc(/C=C3/SC(=S)N(CC(=O)OC)C3=O)cc2C2CCCC21. The lowest BCUT2D eigenvalue weighted by Gasteiger charge is -2.25. The fourth-order valence-corrected chi connectivity index (χ4v) is 5.72. The van der Waals surface area contributed by atoms with Gasteiger partial charge in [-0.15, -0.1) is 0 Å². The van der Waals surface area contributed by atoms with Gasteiger partial charge in [0.25, 0.3) is 5.91 Å². The van der Waals surface area contributed by atoms with Gasteiger partial charge in [-0.3, -0.25) is 14.5 Å². The second-order valence-corrected chi connectivity index (χ2v) is 8.73. The van der Waals surface area contributed by atoms with E-state index in [2.05, 4.69) is 34.8 Å². The van der Waals surface area contributed by atoms with E-state index in [1.54, 1.807) is 0 Å². The van der Waals surface area contributed by atoms with E-state index in [0.717, 1.165) is 12.1 Å². The van der Waals surface area contributed by atoms with E-state index in [-0.39, 0.29) is 12.5 Å². The van der Waals surface area contributed by atoms with Gasteiger partial charge in [-0.1, -0.05) is 36.5 Å². The minimum Gasteiger partial charge on any atom is -0.468 e. The smallest absolute Gasteiger partial charge is 0.325 e. The molecule has 1 saturated heterocycles. The molecule has 0 aromatic heterocycles. The van der Waals surface area contributed by atoms with Gasteiger partial charge >= 0.3 is 5.97 Å². The van der Waals surface area contributed by atoms with Crippen LogP contribution < -0.4 is 4.90 Å². The molecule has 5 nitrogen and oxygen atoms in total. The molecule has 3 aliphatic rings. The summed E-state index contributed by atoms with van der Waals surface area (Å²) < 4.78 is 5.04. The third kappa shape index (κ3) is 3.17. The first-order valence-corrected chi connectivity index (χ1v) is 10.5. The monoisotopic (exact) mass is 402 g/mol. The maximum absolute atomic E-state index is 12.6. The Morgan fingerprint density at radius 3 is 2.96 bits per heavy atom. The van der Waals surface area contributed by atoms with Crippen LogP contribution in [0, 0.1) is 0 Å². The van der Waals surface area contributed by atoms with E-state index in [1.165, 1.54) is 54.3 Å². The highest BCUT2D eigenvalue weighted by Gasteiger charge is 2.40. The zero-order valence-corrected chi connectivity index (χ0v) is 17.1. The number of likely N-dealkylation sites (N-methyl/N-ethyl adjacent to an activating group) is 1. The largest absolute Gasteiger partial charge is 0.468 e. The minimum atomic E-state index is -0.475. The van der Waals surface area contributed by atoms with Gasteiger partial charge in [0, 0.05) is 24.2 Å². The van der Waals surface area contributed by atoms with Gasteiger partial charge in [-0.05, 0) is 49.1 Å². The first-order valence-electron chi connectivity index (χ1n) is 9.26. The van der Waals surface area contributed by atoms with Crippen LogP contribution in [0.2, 0.25) is 0 Å². The second kappa shape index (κ2) is 7.28. The van der Waals surface area contributed by atoms with Gasteiger partial charge in [-0.2, -0.15) is 0 Å². The Kier molecular flexibility index (Phi) is 4.99. The summed E-state index contributed by atoms with van der Waals surface area (Å²) in [6.45, 7) is 3.10. The molecule has 4 rings (SSSR count). The zero-order valence-electron chi connectivity index (χ0n) is 15.4. The van der Waals surface area contributed by atoms with Crippen molar-refractivity contribution in [2.45, 2.75) is 38.1 Å². The normalized spacial score (nSPS) is 25.3. The van der Waals surface area contributed by atoms with Gasteiger partial charge in [0.05, 0.1) is 12.0 Å². The molecule has 142 valence electrons. The number of nitrogens with zero attached hydrogens (tertiary/aromatic N) is 2. The van der Waals surface area contributed by atoms with Crippen LogP contribution in [0.4, 0.5) is 5.69 Å². The molecule has 1 saturated carbocycles. The standard InChI is InChI=1S/C20H22N2O3S2/c1-3-21-15-6-4-5-13(15)14-9-12(7-8-16(14)21)10-17-19(24)22(20(26)27-17)11-18(23)25-2/h7-10,13,15H,3-6,11H2,1-2H3/b17-10+. The number of thioether (sulfide) groups is 1. The van der Waals surface area contributed by atoms with Crippen molar-refractivity contribution in [3.05, 3.63) is 34.2 Å². The van der Waals surface area contributed by atoms with E-state index in [9.17, 15) is 9.59 Å². The number of carbonyl (C=O) groups excluding carboxylic acids is 2. The van der Waals surface area contributed by atoms with Gasteiger partial charge < -0.3 is 9.64 Å². The third-order valence-electron chi connectivity index (χ3n) is 5.67. The van der Waals surface area contributed by atoms with Crippen molar-refractivity contribution in [3.63, 3.8) is 0 Å². The number of thiocarbonyl (C=S) groups is 1. The van der Waals surface area contributed by atoms with Gasteiger partial charge in [0.1, 0.15) is 10.9 Å². The number of carbonyl (C=O) groups is 2. The molecule has 0 N–H and O–H groups in total. The van der Waals surface area contributed by atoms with Crippen molar-refractivity contribution in [1.82, 2.24) is 4.90 Å². The maximum atomic E-state index is 12.6. The summed E-state index contributed by atoms with van der Waals surface area (Å²) in [6, 6.07) is 7.09. The topological polar surface area (TPSA) is 49.9 Å². The van der Waals surface area contributed by atoms with Crippen molar-refractivity contribution < 1.29 is 14.3 Å². The molecule has 2 heterocycles. The van der Waals surface area contributed by atoms with Crippen LogP contribution in [0.3, 0.4) is 0 Å². The van der Waals surface area contributed by atoms with Crippen molar-refractivity contribution in [2.24, 2.45) is 0 Å². The summed E-state index contributed by atoms with van der Waals surface area (Å²) in [5, 5.41) is 0. The molecule has 1 aromatic rings. The van der Waals surface area contributed by atoms with Crippen LogP contribution in [-0.4, -0.2) is 47.3 Å². The molecule has 0 radical (unpaired) electrons. The number of methoxy groups -OCH3 is 1. The van der Waals surface area contributed by atoms with Gasteiger partial charge in [0.2, 0.25) is 0 Å². The number of esters is 1. The molecule has 2 atom stereocenters. The Hall–Kier alpha value is -1.86. The Morgan fingerprint density at radius 1 is 1.41 bits per heavy atom. The highest BCUT2D eigenvalue weighted by Crippen LogP contribution is 2.49. The van der Waals surface area contributed by atoms with Crippen LogP contribution in [-0.2, 0) is 14.3 Å². The highest BCUT2D eigenvalue weighted by atomic mass is 32.2. The predicted molar refractivity (Wildman–Crippen MR) is 112 cm³/mol. The molecule has 0 bridgehead atoms. The average molecular weight is 403 g/mol. The van der Waals surface area contributed by atoms with E-state index in [4.69, 9.17) is 12.2 Å². The molecule has 1 amide bonds. The number of ether oxygens (including phenoxy) is 1. The molecule has 1 aliphatic carbocycles. The predicted octanol–water partition coefficient (Wildman–Crippen LogP) is 3.54. The molecule has 27 heavy (non-hydrogen) atoms. The Labute approximate surface area is 168 Å². The van der Waals surface area contributed by atoms with Crippen molar-refractivity contribution in [2.75, 3.05) is 25.1 Å². The summed E-state index contributed by atoms with van der Waals surface area (Å²) in [5.41, 5.74) is 3.75. The van der Waals surface area contributed by atoms with E-state index in [1.807, 2.05) is 6.08 Å². The first kappa shape index (κ1) is 18.5. The van der Waals surface area contributed by atoms with Crippen LogP contribution in [0.1, 0.15) is 43.2 Å². The van der Waals surface area contributed by atoms with E-state index < -0.39 is 5.97 Å². The average Bonchev–Trinajstić information content (AvgIpc) is 3.31. The maximum Gasteiger partial charge on any atom is 0.325 e. The lowest BCUT2D eigenvalue weighted by Crippen LogP contribution is -2.33. The molecule has 0 spiro atoms. The summed E-state index contributed by atoms with van der Waals surface area (Å²) in [7, 11) is 1.30. The number of rotatable bonds is 4. The lowest BCUT2D eigenvalue weighted by atomic mass is 9.96. The first-order chi connectivity index (χ1) is 13.0. The summed E-state index contributed by atoms with van der Waals surface area (Å²) in [5.74, 6) is -0.107. The Balaban J connectivity index is 1.61. The fourth-order valence-electron chi connectivity index (χ4n) is 4.46. The molecule has 1 aromatic carbocycles. The van der Waals surface area contributed by atoms with Crippen LogP contribution in [0.15, 0.2) is 23.1 Å². The molecular formula is C20H22N2O3S2. The third-order valence-corrected chi connectivity index (χ3v) is 7.05. The Bertz CT molecular complexity index is 852. The summed E-state index contributed by atoms with van der Waals surface area (Å²) in [6.07, 6.45) is 5.66. The molecule has 2 fully saturated rings. The number of hydrogen-bond donors (Lipinski definition) is 0. The number of amides is 1. The number of benzene rings is 1. The van der Waals surface area contributed by atoms with Crippen LogP contribution in [0.25, 0.3) is 6.08 Å². The van der Waals surface area contributed by atoms with Crippen molar-refractivity contribution in [1.29, 1.82) is 0 Å². The fraction of sp³-hybridized carbons (Fsp3) is 0.450. The van der Waals surface area contributed by atoms with Crippen LogP contribution >= 0.6 is 24.0 Å². The highest BCUT2D eigenvalue weighted by molar-refractivity contribution is 8.26. The minimum absolute atomic E-state index is 0.141. The molecule has 2 unspecified atom stereocenters. The van der Waals surface area contributed by atoms with Crippen LogP contribution in [0.5, 0.6) is 0 Å². The number of hydrogen-bond acceptors (Lipinski definition) is 6. The van der Waals surface area contributed by atoms with E-state index >= 15 is 0 Å². The number of anilines is 1. The Morgan fingerprint density at radius 2 is 2.22 bits per heavy atom.